The summed E-state index contributed by atoms with van der Waals surface area (Å²) < 4.78 is 13.4. The molecule has 1 aromatic carbocycles. The molecule has 0 saturated heterocycles. The molecule has 0 spiro atoms. The maximum absolute atomic E-state index is 13.4. The van der Waals surface area contributed by atoms with Crippen molar-refractivity contribution in [1.82, 2.24) is 5.32 Å². The Bertz CT molecular complexity index is 462. The summed E-state index contributed by atoms with van der Waals surface area (Å²) in [6, 6.07) is 3.99. The summed E-state index contributed by atoms with van der Waals surface area (Å²) in [5, 5.41) is 32.5. The number of nitrogens with one attached hydrogen (secondary N) is 1. The monoisotopic (exact) mass is 271 g/mol. The first-order valence-corrected chi connectivity index (χ1v) is 5.68. The van der Waals surface area contributed by atoms with Crippen LogP contribution in [0.2, 0.25) is 0 Å². The van der Waals surface area contributed by atoms with E-state index in [-0.39, 0.29) is 31.2 Å². The molecule has 0 aliphatic rings. The zero-order valence-electron chi connectivity index (χ0n) is 10.6. The molecule has 0 fully saturated rings. The Kier molecular flexibility index (Phi) is 5.22. The number of rotatable bonds is 6. The van der Waals surface area contributed by atoms with Crippen molar-refractivity contribution in [2.75, 3.05) is 13.2 Å². The lowest BCUT2D eigenvalue weighted by Gasteiger charge is -2.26. The van der Waals surface area contributed by atoms with Gasteiger partial charge in [-0.1, -0.05) is 5.16 Å². The van der Waals surface area contributed by atoms with E-state index in [2.05, 4.69) is 10.5 Å². The van der Waals surface area contributed by atoms with Crippen LogP contribution in [0.3, 0.4) is 0 Å². The molecule has 106 valence electrons. The van der Waals surface area contributed by atoms with Gasteiger partial charge in [0.05, 0.1) is 18.8 Å². The summed E-state index contributed by atoms with van der Waals surface area (Å²) in [7, 11) is 0. The van der Waals surface area contributed by atoms with Gasteiger partial charge in [-0.05, 0) is 30.7 Å². The van der Waals surface area contributed by atoms with Crippen LogP contribution in [-0.4, -0.2) is 40.0 Å². The molecule has 7 heteroatoms. The predicted molar refractivity (Wildman–Crippen MR) is 68.3 cm³/mol. The highest BCUT2D eigenvalue weighted by molar-refractivity contribution is 5.97. The van der Waals surface area contributed by atoms with E-state index in [0.717, 1.165) is 6.07 Å². The smallest absolute Gasteiger partial charge is 0.170 e. The minimum Gasteiger partial charge on any atom is -0.409 e. The summed E-state index contributed by atoms with van der Waals surface area (Å²) in [6.07, 6.45) is 0. The number of nitrogens with two attached hydrogens (primary N) is 1. The van der Waals surface area contributed by atoms with E-state index in [4.69, 9.17) is 21.2 Å². The van der Waals surface area contributed by atoms with Gasteiger partial charge in [0.1, 0.15) is 5.82 Å². The molecule has 0 heterocycles. The fourth-order valence-corrected chi connectivity index (χ4v) is 1.44. The first kappa shape index (κ1) is 15.4. The lowest BCUT2D eigenvalue weighted by molar-refractivity contribution is 0.103. The summed E-state index contributed by atoms with van der Waals surface area (Å²) >= 11 is 0. The van der Waals surface area contributed by atoms with Crippen LogP contribution in [0.4, 0.5) is 4.39 Å². The molecule has 0 aliphatic heterocycles. The maximum atomic E-state index is 13.4. The van der Waals surface area contributed by atoms with Crippen molar-refractivity contribution in [3.8, 4) is 0 Å². The van der Waals surface area contributed by atoms with Gasteiger partial charge in [-0.3, -0.25) is 0 Å². The highest BCUT2D eigenvalue weighted by Gasteiger charge is 2.21. The average molecular weight is 271 g/mol. The number of halogens is 1. The van der Waals surface area contributed by atoms with E-state index < -0.39 is 11.4 Å². The third-order valence-corrected chi connectivity index (χ3v) is 2.78. The van der Waals surface area contributed by atoms with Crippen LogP contribution in [0.1, 0.15) is 18.1 Å². The SMILES string of the molecule is CC(CO)(CO)NCc1cc(F)cc(/C(N)=N/O)c1. The summed E-state index contributed by atoms with van der Waals surface area (Å²) in [5.74, 6) is -0.705. The number of oxime groups is 1. The van der Waals surface area contributed by atoms with Crippen LogP contribution in [-0.2, 0) is 6.54 Å². The molecular formula is C12H18FN3O3. The fraction of sp³-hybridized carbons (Fsp3) is 0.417. The summed E-state index contributed by atoms with van der Waals surface area (Å²) in [6.45, 7) is 1.34. The third kappa shape index (κ3) is 4.16. The van der Waals surface area contributed by atoms with Gasteiger partial charge < -0.3 is 26.5 Å². The summed E-state index contributed by atoms with van der Waals surface area (Å²) in [4.78, 5) is 0. The standard InChI is InChI=1S/C12H18FN3O3/c1-12(6-17,7-18)15-5-8-2-9(11(14)16-19)4-10(13)3-8/h2-4,15,17-19H,5-7H2,1H3,(H2,14,16). The van der Waals surface area contributed by atoms with Crippen LogP contribution >= 0.6 is 0 Å². The minimum atomic E-state index is -0.858. The van der Waals surface area contributed by atoms with Crippen LogP contribution in [0.5, 0.6) is 0 Å². The van der Waals surface area contributed by atoms with Gasteiger partial charge in [0.15, 0.2) is 5.84 Å². The lowest BCUT2D eigenvalue weighted by Crippen LogP contribution is -2.48. The van der Waals surface area contributed by atoms with Gasteiger partial charge in [0, 0.05) is 12.1 Å². The molecule has 0 radical (unpaired) electrons. The van der Waals surface area contributed by atoms with Crippen LogP contribution in [0, 0.1) is 5.82 Å². The normalized spacial score (nSPS) is 12.7. The first-order chi connectivity index (χ1) is 8.94. The van der Waals surface area contributed by atoms with Crippen LogP contribution in [0.15, 0.2) is 23.4 Å². The van der Waals surface area contributed by atoms with Crippen LogP contribution < -0.4 is 11.1 Å². The van der Waals surface area contributed by atoms with Gasteiger partial charge in [-0.2, -0.15) is 0 Å². The van der Waals surface area contributed by atoms with Crippen molar-refractivity contribution in [3.05, 3.63) is 35.1 Å². The molecule has 0 saturated carbocycles. The van der Waals surface area contributed by atoms with E-state index in [1.54, 1.807) is 13.0 Å². The Hall–Kier alpha value is -1.70. The lowest BCUT2D eigenvalue weighted by atomic mass is 10.0. The average Bonchev–Trinajstić information content (AvgIpc) is 2.43. The van der Waals surface area contributed by atoms with E-state index >= 15 is 0 Å². The molecule has 0 unspecified atom stereocenters. The molecule has 1 aromatic rings. The maximum Gasteiger partial charge on any atom is 0.170 e. The quantitative estimate of drug-likeness (QED) is 0.212. The van der Waals surface area contributed by atoms with Crippen molar-refractivity contribution < 1.29 is 19.8 Å². The number of hydrogen-bond donors (Lipinski definition) is 5. The highest BCUT2D eigenvalue weighted by atomic mass is 19.1. The van der Waals surface area contributed by atoms with Crippen LogP contribution in [0.25, 0.3) is 0 Å². The minimum absolute atomic E-state index is 0.187. The van der Waals surface area contributed by atoms with E-state index in [1.807, 2.05) is 0 Å². The second kappa shape index (κ2) is 6.46. The van der Waals surface area contributed by atoms with Crippen molar-refractivity contribution in [3.63, 3.8) is 0 Å². The number of aliphatic hydroxyl groups is 2. The fourth-order valence-electron chi connectivity index (χ4n) is 1.44. The van der Waals surface area contributed by atoms with Gasteiger partial charge in [-0.15, -0.1) is 0 Å². The largest absolute Gasteiger partial charge is 0.409 e. The Labute approximate surface area is 110 Å². The predicted octanol–water partition coefficient (Wildman–Crippen LogP) is -0.247. The van der Waals surface area contributed by atoms with E-state index in [9.17, 15) is 4.39 Å². The zero-order chi connectivity index (χ0) is 14.5. The molecule has 0 amide bonds. The van der Waals surface area contributed by atoms with Crippen molar-refractivity contribution >= 4 is 5.84 Å². The molecule has 19 heavy (non-hydrogen) atoms. The highest BCUT2D eigenvalue weighted by Crippen LogP contribution is 2.11. The summed E-state index contributed by atoms with van der Waals surface area (Å²) in [5.41, 5.74) is 5.35. The van der Waals surface area contributed by atoms with Gasteiger partial charge in [0.2, 0.25) is 0 Å². The number of hydrogen-bond acceptors (Lipinski definition) is 5. The van der Waals surface area contributed by atoms with Gasteiger partial charge in [0.25, 0.3) is 0 Å². The Morgan fingerprint density at radius 2 is 2.00 bits per heavy atom. The molecular weight excluding hydrogens is 253 g/mol. The molecule has 0 bridgehead atoms. The Morgan fingerprint density at radius 3 is 2.53 bits per heavy atom. The van der Waals surface area contributed by atoms with Gasteiger partial charge in [-0.25, -0.2) is 4.39 Å². The van der Waals surface area contributed by atoms with E-state index in [0.29, 0.717) is 5.56 Å². The van der Waals surface area contributed by atoms with E-state index in [1.165, 1.54) is 6.07 Å². The van der Waals surface area contributed by atoms with Gasteiger partial charge >= 0.3 is 0 Å². The number of aliphatic hydroxyl groups excluding tert-OH is 2. The molecule has 6 N–H and O–H groups in total. The molecule has 0 aliphatic carbocycles. The Morgan fingerprint density at radius 1 is 1.37 bits per heavy atom. The second-order valence-corrected chi connectivity index (χ2v) is 4.56. The topological polar surface area (TPSA) is 111 Å². The van der Waals surface area contributed by atoms with Crippen molar-refractivity contribution in [1.29, 1.82) is 0 Å². The number of benzene rings is 1. The molecule has 1 rings (SSSR count). The zero-order valence-corrected chi connectivity index (χ0v) is 10.6. The molecule has 6 nitrogen and oxygen atoms in total. The molecule has 0 atom stereocenters. The number of nitrogens with zero attached hydrogens (tertiary/aromatic N) is 1. The number of amidine groups is 1. The third-order valence-electron chi connectivity index (χ3n) is 2.78. The second-order valence-electron chi connectivity index (χ2n) is 4.56. The molecule has 0 aromatic heterocycles. The van der Waals surface area contributed by atoms with Crippen molar-refractivity contribution in [2.24, 2.45) is 10.9 Å². The first-order valence-electron chi connectivity index (χ1n) is 5.68. The van der Waals surface area contributed by atoms with Crippen molar-refractivity contribution in [2.45, 2.75) is 19.0 Å². The Balaban J connectivity index is 2.88.